The molecule has 0 aliphatic rings. The Morgan fingerprint density at radius 3 is 2.54 bits per heavy atom. The highest BCUT2D eigenvalue weighted by Gasteiger charge is 2.32. The number of anilines is 1. The quantitative estimate of drug-likeness (QED) is 0.283. The number of aromatic amines is 1. The molecule has 7 nitrogen and oxygen atoms in total. The summed E-state index contributed by atoms with van der Waals surface area (Å²) in [5.41, 5.74) is -3.07. The number of methoxy groups -OCH3 is 1. The normalized spacial score (nSPS) is 12.1. The number of benzene rings is 2. The van der Waals surface area contributed by atoms with E-state index in [-0.39, 0.29) is 22.3 Å². The summed E-state index contributed by atoms with van der Waals surface area (Å²) in [7, 11) is -3.37. The molecule has 0 amide bonds. The van der Waals surface area contributed by atoms with Gasteiger partial charge in [0.25, 0.3) is 10.0 Å². The van der Waals surface area contributed by atoms with Crippen LogP contribution in [0.15, 0.2) is 59.8 Å². The van der Waals surface area contributed by atoms with Gasteiger partial charge in [-0.3, -0.25) is 9.52 Å². The maximum atomic E-state index is 15.2. The van der Waals surface area contributed by atoms with Crippen molar-refractivity contribution in [2.75, 3.05) is 11.8 Å². The number of nitrogens with zero attached hydrogens (tertiary/aromatic N) is 1. The van der Waals surface area contributed by atoms with E-state index in [1.807, 2.05) is 0 Å². The zero-order chi connectivity index (χ0) is 25.5. The van der Waals surface area contributed by atoms with Crippen molar-refractivity contribution in [3.63, 3.8) is 0 Å². The number of pyridine rings is 1. The van der Waals surface area contributed by atoms with E-state index in [1.54, 1.807) is 4.72 Å². The lowest BCUT2D eigenvalue weighted by molar-refractivity contribution is -0.137. The molecule has 2 aromatic heterocycles. The molecule has 0 saturated carbocycles. The average molecular weight is 511 g/mol. The topological polar surface area (TPSA) is 101 Å². The Morgan fingerprint density at radius 2 is 1.86 bits per heavy atom. The third-order valence-corrected chi connectivity index (χ3v) is 6.38. The molecule has 0 aliphatic carbocycles. The molecular weight excluding hydrogens is 497 g/mol. The van der Waals surface area contributed by atoms with Crippen LogP contribution in [0.25, 0.3) is 11.0 Å². The van der Waals surface area contributed by atoms with Gasteiger partial charge in [0.1, 0.15) is 17.2 Å². The summed E-state index contributed by atoms with van der Waals surface area (Å²) >= 11 is 0. The number of ketones is 1. The van der Waals surface area contributed by atoms with Crippen LogP contribution in [0.3, 0.4) is 0 Å². The van der Waals surface area contributed by atoms with Gasteiger partial charge in [0, 0.05) is 17.1 Å². The summed E-state index contributed by atoms with van der Waals surface area (Å²) in [4.78, 5) is 18.9. The summed E-state index contributed by atoms with van der Waals surface area (Å²) in [6.07, 6.45) is -2.28. The first-order valence-corrected chi connectivity index (χ1v) is 11.1. The van der Waals surface area contributed by atoms with E-state index in [1.165, 1.54) is 25.6 Å². The number of aromatic nitrogens is 2. The Kier molecular flexibility index (Phi) is 5.97. The molecule has 0 saturated heterocycles. The largest absolute Gasteiger partial charge is 0.495 e. The van der Waals surface area contributed by atoms with E-state index >= 15 is 4.39 Å². The lowest BCUT2D eigenvalue weighted by Gasteiger charge is -2.13. The van der Waals surface area contributed by atoms with Crippen molar-refractivity contribution in [1.82, 2.24) is 9.97 Å². The molecule has 0 fully saturated rings. The maximum absolute atomic E-state index is 15.2. The molecule has 13 heteroatoms. The van der Waals surface area contributed by atoms with E-state index in [4.69, 9.17) is 4.74 Å². The van der Waals surface area contributed by atoms with Gasteiger partial charge < -0.3 is 9.72 Å². The van der Waals surface area contributed by atoms with E-state index < -0.39 is 55.3 Å². The number of carbonyl (C=O) groups excluding carboxylic acids is 1. The van der Waals surface area contributed by atoms with Gasteiger partial charge in [-0.05, 0) is 36.4 Å². The van der Waals surface area contributed by atoms with Crippen molar-refractivity contribution in [1.29, 1.82) is 0 Å². The second-order valence-corrected chi connectivity index (χ2v) is 8.90. The highest BCUT2D eigenvalue weighted by Crippen LogP contribution is 2.32. The molecule has 35 heavy (non-hydrogen) atoms. The second kappa shape index (κ2) is 8.65. The van der Waals surface area contributed by atoms with Gasteiger partial charge in [0.2, 0.25) is 5.78 Å². The van der Waals surface area contributed by atoms with E-state index in [9.17, 15) is 30.8 Å². The number of fused-ring (bicyclic) bond motifs is 1. The second-order valence-electron chi connectivity index (χ2n) is 7.22. The Balaban J connectivity index is 1.74. The molecule has 0 atom stereocenters. The van der Waals surface area contributed by atoms with Gasteiger partial charge in [0.15, 0.2) is 5.82 Å². The van der Waals surface area contributed by atoms with Crippen LogP contribution in [0, 0.1) is 11.6 Å². The maximum Gasteiger partial charge on any atom is 0.416 e. The molecule has 4 aromatic rings. The number of rotatable bonds is 6. The number of sulfonamides is 1. The van der Waals surface area contributed by atoms with Crippen molar-refractivity contribution in [3.8, 4) is 5.75 Å². The van der Waals surface area contributed by atoms with E-state index in [0.717, 1.165) is 12.1 Å². The fourth-order valence-corrected chi connectivity index (χ4v) is 4.41. The van der Waals surface area contributed by atoms with Crippen LogP contribution in [-0.2, 0) is 16.2 Å². The molecular formula is C22H14F5N3O4S. The van der Waals surface area contributed by atoms with Crippen LogP contribution < -0.4 is 9.46 Å². The number of halogens is 5. The summed E-state index contributed by atoms with van der Waals surface area (Å²) < 4.78 is 101. The minimum absolute atomic E-state index is 0.165. The first kappa shape index (κ1) is 24.1. The van der Waals surface area contributed by atoms with Gasteiger partial charge >= 0.3 is 6.18 Å². The molecule has 0 aliphatic heterocycles. The smallest absolute Gasteiger partial charge is 0.416 e. The van der Waals surface area contributed by atoms with Crippen molar-refractivity contribution >= 4 is 32.5 Å². The number of nitrogens with one attached hydrogen (secondary N) is 2. The number of alkyl halides is 3. The summed E-state index contributed by atoms with van der Waals surface area (Å²) in [6.45, 7) is 0. The predicted molar refractivity (Wildman–Crippen MR) is 115 cm³/mol. The average Bonchev–Trinajstić information content (AvgIpc) is 3.23. The molecule has 0 spiro atoms. The molecule has 2 aromatic carbocycles. The fraction of sp³-hybridized carbons (Fsp3) is 0.0909. The van der Waals surface area contributed by atoms with Crippen molar-refractivity contribution in [3.05, 3.63) is 83.2 Å². The highest BCUT2D eigenvalue weighted by molar-refractivity contribution is 7.92. The summed E-state index contributed by atoms with van der Waals surface area (Å²) in [5.74, 6) is -3.67. The third-order valence-electron chi connectivity index (χ3n) is 5.02. The van der Waals surface area contributed by atoms with Crippen molar-refractivity contribution in [2.24, 2.45) is 0 Å². The lowest BCUT2D eigenvalue weighted by atomic mass is 10.0. The predicted octanol–water partition coefficient (Wildman–Crippen LogP) is 4.90. The van der Waals surface area contributed by atoms with E-state index in [2.05, 4.69) is 9.97 Å². The minimum Gasteiger partial charge on any atom is -0.495 e. The highest BCUT2D eigenvalue weighted by atomic mass is 32.2. The van der Waals surface area contributed by atoms with Gasteiger partial charge in [-0.25, -0.2) is 22.2 Å². The lowest BCUT2D eigenvalue weighted by Crippen LogP contribution is -2.17. The molecule has 2 N–H and O–H groups in total. The zero-order valence-corrected chi connectivity index (χ0v) is 18.4. The third kappa shape index (κ3) is 4.54. The summed E-state index contributed by atoms with van der Waals surface area (Å²) in [5, 5.41) is 0.197. The fourth-order valence-electron chi connectivity index (χ4n) is 3.30. The first-order valence-electron chi connectivity index (χ1n) is 9.66. The van der Waals surface area contributed by atoms with Crippen LogP contribution in [0.1, 0.15) is 21.5 Å². The SMILES string of the molecule is COc1cnc2[nH]cc(C(=O)c3c(F)ccc(NS(=O)(=O)c4cccc(C(F)(F)F)c4)c3F)c2c1. The van der Waals surface area contributed by atoms with Crippen LogP contribution in [0.2, 0.25) is 0 Å². The molecule has 0 unspecified atom stereocenters. The van der Waals surface area contributed by atoms with Crippen LogP contribution in [0.4, 0.5) is 27.6 Å². The molecule has 0 radical (unpaired) electrons. The number of H-pyrrole nitrogens is 1. The minimum atomic E-state index is -4.82. The number of hydrogen-bond donors (Lipinski definition) is 2. The van der Waals surface area contributed by atoms with Gasteiger partial charge in [0.05, 0.1) is 35.0 Å². The Labute approximate surface area is 194 Å². The first-order chi connectivity index (χ1) is 16.4. The van der Waals surface area contributed by atoms with Crippen molar-refractivity contribution < 1.29 is 39.9 Å². The molecule has 2 heterocycles. The Morgan fingerprint density at radius 1 is 1.11 bits per heavy atom. The Bertz CT molecular complexity index is 1570. The zero-order valence-electron chi connectivity index (χ0n) is 17.6. The standard InChI is InChI=1S/C22H14F5N3O4S/c1-34-12-8-14-15(10-29-21(14)28-9-12)20(31)18-16(23)5-6-17(19(18)24)30-35(32,33)13-4-2-3-11(7-13)22(25,26)27/h2-10,30H,1H3,(H,28,29). The van der Waals surface area contributed by atoms with Crippen molar-refractivity contribution in [2.45, 2.75) is 11.1 Å². The van der Waals surface area contributed by atoms with Crippen LogP contribution >= 0.6 is 0 Å². The molecule has 4 rings (SSSR count). The Hall–Kier alpha value is -4.00. The van der Waals surface area contributed by atoms with Gasteiger partial charge in [-0.15, -0.1) is 0 Å². The van der Waals surface area contributed by atoms with E-state index in [0.29, 0.717) is 24.3 Å². The van der Waals surface area contributed by atoms with Crippen LogP contribution in [-0.4, -0.2) is 31.3 Å². The van der Waals surface area contributed by atoms with Gasteiger partial charge in [-0.2, -0.15) is 13.2 Å². The molecule has 0 bridgehead atoms. The molecule has 182 valence electrons. The summed E-state index contributed by atoms with van der Waals surface area (Å²) in [6, 6.07) is 5.56. The number of ether oxygens (including phenoxy) is 1. The van der Waals surface area contributed by atoms with Gasteiger partial charge in [-0.1, -0.05) is 6.07 Å². The number of hydrogen-bond acceptors (Lipinski definition) is 5. The van der Waals surface area contributed by atoms with Crippen LogP contribution in [0.5, 0.6) is 5.75 Å². The number of carbonyl (C=O) groups is 1. The monoisotopic (exact) mass is 511 g/mol.